The summed E-state index contributed by atoms with van der Waals surface area (Å²) in [6.07, 6.45) is 2.41. The average molecular weight is 475 g/mol. The molecule has 1 aromatic heterocycles. The number of nitrogens with zero attached hydrogens (tertiary/aromatic N) is 1. The number of amides is 1. The molecule has 0 atom stereocenters. The molecule has 0 aliphatic rings. The molecule has 3 rings (SSSR count). The summed E-state index contributed by atoms with van der Waals surface area (Å²) in [6.45, 7) is 0.103. The number of ether oxygens (including phenoxy) is 1. The van der Waals surface area contributed by atoms with Crippen molar-refractivity contribution in [1.82, 2.24) is 5.32 Å². The Morgan fingerprint density at radius 2 is 1.81 bits per heavy atom. The fraction of sp³-hybridized carbons (Fsp3) is 0.261. The number of hydrogen-bond acceptors (Lipinski definition) is 6. The summed E-state index contributed by atoms with van der Waals surface area (Å²) in [7, 11) is -2.50. The Balaban J connectivity index is 1.64. The van der Waals surface area contributed by atoms with E-state index in [2.05, 4.69) is 5.32 Å². The SMILES string of the molecule is COc1ccccc1N(CC(=O)NCCCSCc1ccco1)S(=O)(=O)c1ccccc1. The largest absolute Gasteiger partial charge is 0.495 e. The number of methoxy groups -OCH3 is 1. The molecule has 0 aliphatic heterocycles. The van der Waals surface area contributed by atoms with Crippen molar-refractivity contribution in [1.29, 1.82) is 0 Å². The smallest absolute Gasteiger partial charge is 0.264 e. The first kappa shape index (κ1) is 23.7. The second-order valence-electron chi connectivity index (χ2n) is 6.83. The van der Waals surface area contributed by atoms with Gasteiger partial charge in [0.2, 0.25) is 5.91 Å². The van der Waals surface area contributed by atoms with Crippen LogP contribution in [0.15, 0.2) is 82.3 Å². The number of carbonyl (C=O) groups is 1. The van der Waals surface area contributed by atoms with E-state index in [-0.39, 0.29) is 17.3 Å². The molecule has 0 fully saturated rings. The van der Waals surface area contributed by atoms with Crippen molar-refractivity contribution in [2.75, 3.05) is 30.3 Å². The van der Waals surface area contributed by atoms with Crippen molar-refractivity contribution in [2.45, 2.75) is 17.1 Å². The lowest BCUT2D eigenvalue weighted by Gasteiger charge is -2.25. The first-order valence-electron chi connectivity index (χ1n) is 10.1. The van der Waals surface area contributed by atoms with Gasteiger partial charge >= 0.3 is 0 Å². The van der Waals surface area contributed by atoms with E-state index in [1.165, 1.54) is 19.2 Å². The maximum absolute atomic E-state index is 13.3. The third-order valence-corrected chi connectivity index (χ3v) is 7.42. The molecule has 0 radical (unpaired) electrons. The Labute approximate surface area is 192 Å². The second-order valence-corrected chi connectivity index (χ2v) is 9.80. The van der Waals surface area contributed by atoms with Crippen LogP contribution >= 0.6 is 11.8 Å². The first-order valence-corrected chi connectivity index (χ1v) is 12.7. The molecule has 0 spiro atoms. The predicted octanol–water partition coefficient (Wildman–Crippen LogP) is 3.92. The van der Waals surface area contributed by atoms with E-state index >= 15 is 0 Å². The molecule has 1 N–H and O–H groups in total. The van der Waals surface area contributed by atoms with Crippen LogP contribution in [-0.4, -0.2) is 40.3 Å². The van der Waals surface area contributed by atoms with Crippen molar-refractivity contribution in [3.05, 3.63) is 78.8 Å². The minimum atomic E-state index is -3.97. The van der Waals surface area contributed by atoms with Crippen LogP contribution in [-0.2, 0) is 20.6 Å². The fourth-order valence-electron chi connectivity index (χ4n) is 3.01. The Kier molecular flexibility index (Phi) is 8.64. The zero-order valence-corrected chi connectivity index (χ0v) is 19.4. The van der Waals surface area contributed by atoms with Crippen molar-refractivity contribution < 1.29 is 22.4 Å². The molecule has 1 amide bonds. The normalized spacial score (nSPS) is 11.2. The zero-order valence-electron chi connectivity index (χ0n) is 17.8. The van der Waals surface area contributed by atoms with Gasteiger partial charge in [-0.05, 0) is 48.6 Å². The van der Waals surface area contributed by atoms with Gasteiger partial charge in [-0.2, -0.15) is 11.8 Å². The molecule has 0 saturated carbocycles. The molecule has 7 nitrogen and oxygen atoms in total. The summed E-state index contributed by atoms with van der Waals surface area (Å²) in [5.41, 5.74) is 0.308. The van der Waals surface area contributed by atoms with E-state index in [0.29, 0.717) is 18.0 Å². The van der Waals surface area contributed by atoms with Crippen molar-refractivity contribution >= 4 is 33.4 Å². The van der Waals surface area contributed by atoms with Gasteiger partial charge in [-0.25, -0.2) is 8.42 Å². The van der Waals surface area contributed by atoms with Crippen molar-refractivity contribution in [2.24, 2.45) is 0 Å². The summed E-state index contributed by atoms with van der Waals surface area (Å²) < 4.78 is 38.4. The maximum Gasteiger partial charge on any atom is 0.264 e. The maximum atomic E-state index is 13.3. The summed E-state index contributed by atoms with van der Waals surface area (Å²) in [5, 5.41) is 2.81. The van der Waals surface area contributed by atoms with Crippen LogP contribution in [0.4, 0.5) is 5.69 Å². The number of nitrogens with one attached hydrogen (secondary N) is 1. The van der Waals surface area contributed by atoms with Gasteiger partial charge in [-0.3, -0.25) is 9.10 Å². The van der Waals surface area contributed by atoms with Gasteiger partial charge in [0.1, 0.15) is 18.1 Å². The molecule has 0 aliphatic carbocycles. The summed E-state index contributed by atoms with van der Waals surface area (Å²) in [6, 6.07) is 18.6. The van der Waals surface area contributed by atoms with Gasteiger partial charge in [-0.15, -0.1) is 0 Å². The van der Waals surface area contributed by atoms with E-state index < -0.39 is 10.0 Å². The number of para-hydroxylation sites is 2. The molecule has 3 aromatic rings. The fourth-order valence-corrected chi connectivity index (χ4v) is 5.32. The Morgan fingerprint density at radius 1 is 1.06 bits per heavy atom. The third kappa shape index (κ3) is 6.30. The molecule has 0 bridgehead atoms. The highest BCUT2D eigenvalue weighted by molar-refractivity contribution is 7.98. The standard InChI is InChI=1S/C23H26N2O5S2/c1-29-22-13-6-5-12-21(22)25(32(27,28)20-10-3-2-4-11-20)17-23(26)24-14-8-16-31-18-19-9-7-15-30-19/h2-7,9-13,15H,8,14,16-18H2,1H3,(H,24,26). The van der Waals surface area contributed by atoms with Crippen LogP contribution in [0.1, 0.15) is 12.2 Å². The minimum absolute atomic E-state index is 0.105. The van der Waals surface area contributed by atoms with Crippen LogP contribution in [0.25, 0.3) is 0 Å². The van der Waals surface area contributed by atoms with Crippen LogP contribution < -0.4 is 14.4 Å². The minimum Gasteiger partial charge on any atom is -0.495 e. The molecule has 2 aromatic carbocycles. The van der Waals surface area contributed by atoms with Crippen molar-refractivity contribution in [3.8, 4) is 5.75 Å². The van der Waals surface area contributed by atoms with E-state index in [1.54, 1.807) is 60.5 Å². The topological polar surface area (TPSA) is 88.8 Å². The number of anilines is 1. The molecule has 0 saturated heterocycles. The molecule has 1 heterocycles. The van der Waals surface area contributed by atoms with E-state index in [1.807, 2.05) is 12.1 Å². The van der Waals surface area contributed by atoms with Gasteiger partial charge in [0.25, 0.3) is 10.0 Å². The molecule has 170 valence electrons. The number of carbonyl (C=O) groups excluding carboxylic acids is 1. The van der Waals surface area contributed by atoms with E-state index in [9.17, 15) is 13.2 Å². The summed E-state index contributed by atoms with van der Waals surface area (Å²) in [5.74, 6) is 2.52. The summed E-state index contributed by atoms with van der Waals surface area (Å²) >= 11 is 1.71. The highest BCUT2D eigenvalue weighted by Crippen LogP contribution is 2.32. The van der Waals surface area contributed by atoms with Gasteiger partial charge in [-0.1, -0.05) is 30.3 Å². The lowest BCUT2D eigenvalue weighted by atomic mass is 10.3. The highest BCUT2D eigenvalue weighted by atomic mass is 32.2. The number of rotatable bonds is 12. The Morgan fingerprint density at radius 3 is 2.53 bits per heavy atom. The van der Waals surface area contributed by atoms with Gasteiger partial charge < -0.3 is 14.5 Å². The number of hydrogen-bond donors (Lipinski definition) is 1. The molecule has 9 heteroatoms. The summed E-state index contributed by atoms with van der Waals surface area (Å²) in [4.78, 5) is 12.7. The molecular formula is C23H26N2O5S2. The third-order valence-electron chi connectivity index (χ3n) is 4.58. The van der Waals surface area contributed by atoms with Gasteiger partial charge in [0.15, 0.2) is 0 Å². The first-order chi connectivity index (χ1) is 15.5. The highest BCUT2D eigenvalue weighted by Gasteiger charge is 2.29. The van der Waals surface area contributed by atoms with Crippen LogP contribution in [0, 0.1) is 0 Å². The average Bonchev–Trinajstić information content (AvgIpc) is 3.34. The van der Waals surface area contributed by atoms with Gasteiger partial charge in [0.05, 0.1) is 29.7 Å². The Bertz CT molecular complexity index is 1090. The number of sulfonamides is 1. The van der Waals surface area contributed by atoms with E-state index in [4.69, 9.17) is 9.15 Å². The quantitative estimate of drug-likeness (QED) is 0.400. The molecule has 0 unspecified atom stereocenters. The number of benzene rings is 2. The van der Waals surface area contributed by atoms with Gasteiger partial charge in [0, 0.05) is 6.54 Å². The number of furan rings is 1. The van der Waals surface area contributed by atoms with Crippen LogP contribution in [0.2, 0.25) is 0 Å². The van der Waals surface area contributed by atoms with Crippen LogP contribution in [0.3, 0.4) is 0 Å². The predicted molar refractivity (Wildman–Crippen MR) is 126 cm³/mol. The lowest BCUT2D eigenvalue weighted by molar-refractivity contribution is -0.119. The molecular weight excluding hydrogens is 448 g/mol. The van der Waals surface area contributed by atoms with Crippen molar-refractivity contribution in [3.63, 3.8) is 0 Å². The Hall–Kier alpha value is -2.91. The zero-order chi connectivity index (χ0) is 22.8. The monoisotopic (exact) mass is 474 g/mol. The molecule has 32 heavy (non-hydrogen) atoms. The van der Waals surface area contributed by atoms with E-state index in [0.717, 1.165) is 28.0 Å². The second kappa shape index (κ2) is 11.6. The lowest BCUT2D eigenvalue weighted by Crippen LogP contribution is -2.41. The number of thioether (sulfide) groups is 1. The van der Waals surface area contributed by atoms with Crippen LogP contribution in [0.5, 0.6) is 5.75 Å².